The van der Waals surface area contributed by atoms with Crippen LogP contribution >= 0.6 is 0 Å². The third-order valence-corrected chi connectivity index (χ3v) is 3.88. The Bertz CT molecular complexity index is 379. The Morgan fingerprint density at radius 3 is 2.61 bits per heavy atom. The second kappa shape index (κ2) is 5.69. The average Bonchev–Trinajstić information content (AvgIpc) is 2.38. The van der Waals surface area contributed by atoms with Crippen molar-refractivity contribution in [2.45, 2.75) is 19.0 Å². The van der Waals surface area contributed by atoms with E-state index in [1.165, 1.54) is 5.56 Å². The van der Waals surface area contributed by atoms with Crippen LogP contribution in [0.3, 0.4) is 0 Å². The zero-order valence-electron chi connectivity index (χ0n) is 11.2. The molecule has 2 rings (SSSR count). The number of hydrogen-bond donors (Lipinski definition) is 2. The maximum absolute atomic E-state index is 9.34. The van der Waals surface area contributed by atoms with Crippen LogP contribution in [-0.4, -0.2) is 54.2 Å². The molecular weight excluding hydrogens is 226 g/mol. The topological polar surface area (TPSA) is 52.7 Å². The number of phenolic OH excluding ortho intramolecular Hbond substituents is 1. The summed E-state index contributed by atoms with van der Waals surface area (Å²) >= 11 is 0. The van der Waals surface area contributed by atoms with Gasteiger partial charge >= 0.3 is 0 Å². The van der Waals surface area contributed by atoms with Crippen LogP contribution in [0.4, 0.5) is 0 Å². The molecule has 0 spiro atoms. The number of benzene rings is 1. The molecule has 4 nitrogen and oxygen atoms in total. The van der Waals surface area contributed by atoms with Crippen LogP contribution in [0.2, 0.25) is 0 Å². The van der Waals surface area contributed by atoms with Crippen LogP contribution in [0, 0.1) is 0 Å². The highest BCUT2D eigenvalue weighted by atomic mass is 16.3. The maximum Gasteiger partial charge on any atom is 0.115 e. The Kier molecular flexibility index (Phi) is 4.22. The molecule has 0 aromatic heterocycles. The summed E-state index contributed by atoms with van der Waals surface area (Å²) in [5.41, 5.74) is 7.12. The standard InChI is InChI=1S/C14H23N3O/c1-11(12-3-5-14(18)6-4-12)17-8-7-16(2)10-13(17)9-15/h3-6,11,13,18H,7-10,15H2,1-2H3. The lowest BCUT2D eigenvalue weighted by Gasteiger charge is -2.43. The van der Waals surface area contributed by atoms with Crippen LogP contribution in [0.15, 0.2) is 24.3 Å². The number of piperazine rings is 1. The molecule has 0 saturated carbocycles. The molecule has 1 aliphatic rings. The summed E-state index contributed by atoms with van der Waals surface area (Å²) in [6.45, 7) is 6.05. The molecule has 1 aromatic rings. The summed E-state index contributed by atoms with van der Waals surface area (Å²) in [4.78, 5) is 4.80. The first-order valence-corrected chi connectivity index (χ1v) is 6.55. The van der Waals surface area contributed by atoms with Gasteiger partial charge in [-0.2, -0.15) is 0 Å². The lowest BCUT2D eigenvalue weighted by atomic mass is 10.0. The minimum absolute atomic E-state index is 0.319. The summed E-state index contributed by atoms with van der Waals surface area (Å²) in [6, 6.07) is 8.23. The summed E-state index contributed by atoms with van der Waals surface area (Å²) < 4.78 is 0. The summed E-state index contributed by atoms with van der Waals surface area (Å²) in [5.74, 6) is 0.319. The monoisotopic (exact) mass is 249 g/mol. The minimum Gasteiger partial charge on any atom is -0.508 e. The Hall–Kier alpha value is -1.10. The highest BCUT2D eigenvalue weighted by molar-refractivity contribution is 5.28. The third kappa shape index (κ3) is 2.83. The van der Waals surface area contributed by atoms with E-state index in [0.29, 0.717) is 24.4 Å². The molecule has 1 aromatic carbocycles. The predicted molar refractivity (Wildman–Crippen MR) is 73.6 cm³/mol. The Morgan fingerprint density at radius 2 is 2.00 bits per heavy atom. The molecule has 1 aliphatic heterocycles. The fourth-order valence-electron chi connectivity index (χ4n) is 2.69. The molecular formula is C14H23N3O. The number of rotatable bonds is 3. The molecule has 0 aliphatic carbocycles. The molecule has 2 unspecified atom stereocenters. The summed E-state index contributed by atoms with van der Waals surface area (Å²) in [6.07, 6.45) is 0. The SMILES string of the molecule is CC(c1ccc(O)cc1)N1CCN(C)CC1CN. The number of nitrogens with two attached hydrogens (primary N) is 1. The van der Waals surface area contributed by atoms with Crippen LogP contribution < -0.4 is 5.73 Å². The van der Waals surface area contributed by atoms with E-state index in [9.17, 15) is 5.11 Å². The van der Waals surface area contributed by atoms with E-state index < -0.39 is 0 Å². The van der Waals surface area contributed by atoms with Crippen molar-refractivity contribution in [3.05, 3.63) is 29.8 Å². The summed E-state index contributed by atoms with van der Waals surface area (Å²) in [5, 5.41) is 9.34. The lowest BCUT2D eigenvalue weighted by Crippen LogP contribution is -2.55. The highest BCUT2D eigenvalue weighted by Gasteiger charge is 2.28. The molecule has 0 amide bonds. The van der Waals surface area contributed by atoms with Crippen molar-refractivity contribution in [2.24, 2.45) is 5.73 Å². The molecule has 3 N–H and O–H groups in total. The number of hydrogen-bond acceptors (Lipinski definition) is 4. The van der Waals surface area contributed by atoms with Gasteiger partial charge in [-0.3, -0.25) is 4.90 Å². The highest BCUT2D eigenvalue weighted by Crippen LogP contribution is 2.25. The number of phenols is 1. The molecule has 0 bridgehead atoms. The van der Waals surface area contributed by atoms with Crippen molar-refractivity contribution in [3.63, 3.8) is 0 Å². The van der Waals surface area contributed by atoms with E-state index in [4.69, 9.17) is 5.73 Å². The Morgan fingerprint density at radius 1 is 1.33 bits per heavy atom. The van der Waals surface area contributed by atoms with Crippen LogP contribution in [-0.2, 0) is 0 Å². The quantitative estimate of drug-likeness (QED) is 0.840. The maximum atomic E-state index is 9.34. The van der Waals surface area contributed by atoms with E-state index in [0.717, 1.165) is 19.6 Å². The predicted octanol–water partition coefficient (Wildman–Crippen LogP) is 1.03. The Labute approximate surface area is 109 Å². The zero-order valence-corrected chi connectivity index (χ0v) is 11.2. The van der Waals surface area contributed by atoms with Gasteiger partial charge in [0.15, 0.2) is 0 Å². The molecule has 1 saturated heterocycles. The van der Waals surface area contributed by atoms with Crippen LogP contribution in [0.5, 0.6) is 5.75 Å². The minimum atomic E-state index is 0.319. The van der Waals surface area contributed by atoms with Gasteiger partial charge in [0, 0.05) is 38.3 Å². The number of likely N-dealkylation sites (N-methyl/N-ethyl adjacent to an activating group) is 1. The van der Waals surface area contributed by atoms with E-state index in [1.807, 2.05) is 12.1 Å². The first-order valence-electron chi connectivity index (χ1n) is 6.55. The molecule has 1 heterocycles. The van der Waals surface area contributed by atoms with Gasteiger partial charge in [0.1, 0.15) is 5.75 Å². The first kappa shape index (κ1) is 13.3. The van der Waals surface area contributed by atoms with Crippen LogP contribution in [0.1, 0.15) is 18.5 Å². The van der Waals surface area contributed by atoms with Gasteiger partial charge in [-0.1, -0.05) is 12.1 Å². The van der Waals surface area contributed by atoms with Crippen LogP contribution in [0.25, 0.3) is 0 Å². The van der Waals surface area contributed by atoms with E-state index in [-0.39, 0.29) is 0 Å². The van der Waals surface area contributed by atoms with E-state index >= 15 is 0 Å². The van der Waals surface area contributed by atoms with Gasteiger partial charge < -0.3 is 15.7 Å². The van der Waals surface area contributed by atoms with Crippen molar-refractivity contribution in [1.82, 2.24) is 9.80 Å². The second-order valence-electron chi connectivity index (χ2n) is 5.16. The van der Waals surface area contributed by atoms with Crippen molar-refractivity contribution in [3.8, 4) is 5.75 Å². The third-order valence-electron chi connectivity index (χ3n) is 3.88. The van der Waals surface area contributed by atoms with Gasteiger partial charge in [0.05, 0.1) is 0 Å². The fourth-order valence-corrected chi connectivity index (χ4v) is 2.69. The van der Waals surface area contributed by atoms with Crippen molar-refractivity contribution >= 4 is 0 Å². The largest absolute Gasteiger partial charge is 0.508 e. The molecule has 4 heteroatoms. The average molecular weight is 249 g/mol. The lowest BCUT2D eigenvalue weighted by molar-refractivity contribution is 0.0621. The van der Waals surface area contributed by atoms with Crippen molar-refractivity contribution in [1.29, 1.82) is 0 Å². The molecule has 1 fully saturated rings. The second-order valence-corrected chi connectivity index (χ2v) is 5.16. The van der Waals surface area contributed by atoms with Crippen molar-refractivity contribution < 1.29 is 5.11 Å². The van der Waals surface area contributed by atoms with Crippen molar-refractivity contribution in [2.75, 3.05) is 33.2 Å². The molecule has 100 valence electrons. The smallest absolute Gasteiger partial charge is 0.115 e. The Balaban J connectivity index is 2.11. The first-order chi connectivity index (χ1) is 8.61. The number of nitrogens with zero attached hydrogens (tertiary/aromatic N) is 2. The zero-order chi connectivity index (χ0) is 13.1. The fraction of sp³-hybridized carbons (Fsp3) is 0.571. The van der Waals surface area contributed by atoms with Gasteiger partial charge in [-0.25, -0.2) is 0 Å². The van der Waals surface area contributed by atoms with E-state index in [1.54, 1.807) is 12.1 Å². The van der Waals surface area contributed by atoms with E-state index in [2.05, 4.69) is 23.8 Å². The summed E-state index contributed by atoms with van der Waals surface area (Å²) in [7, 11) is 2.14. The van der Waals surface area contributed by atoms with Gasteiger partial charge in [-0.15, -0.1) is 0 Å². The molecule has 2 atom stereocenters. The normalized spacial score (nSPS) is 24.1. The molecule has 0 radical (unpaired) electrons. The molecule has 18 heavy (non-hydrogen) atoms. The van der Waals surface area contributed by atoms with Gasteiger partial charge in [0.2, 0.25) is 0 Å². The number of aromatic hydroxyl groups is 1. The van der Waals surface area contributed by atoms with Gasteiger partial charge in [-0.05, 0) is 31.7 Å². The van der Waals surface area contributed by atoms with Gasteiger partial charge in [0.25, 0.3) is 0 Å².